The number of hydrogen-bond acceptors (Lipinski definition) is 4. The van der Waals surface area contributed by atoms with Gasteiger partial charge in [-0.15, -0.1) is 0 Å². The van der Waals surface area contributed by atoms with E-state index in [0.717, 1.165) is 6.42 Å². The zero-order chi connectivity index (χ0) is 11.7. The molecule has 0 aromatic carbocycles. The minimum absolute atomic E-state index is 0.115. The van der Waals surface area contributed by atoms with E-state index < -0.39 is 0 Å². The Bertz CT molecular complexity index is 227. The second-order valence-corrected chi connectivity index (χ2v) is 3.24. The topological polar surface area (TPSA) is 41.9 Å². The molecule has 4 nitrogen and oxygen atoms in total. The van der Waals surface area contributed by atoms with Crippen LogP contribution >= 0.6 is 0 Å². The Morgan fingerprint density at radius 1 is 1.60 bits per heavy atom. The van der Waals surface area contributed by atoms with Crippen LogP contribution in [-0.2, 0) is 9.53 Å². The zero-order valence-electron chi connectivity index (χ0n) is 9.77. The second kappa shape index (κ2) is 8.03. The third kappa shape index (κ3) is 6.71. The standard InChI is InChI=1S/C11H20N2O2/c1-5-10(4)8-12-13(6-2)9-11(14)15-7-3/h6,8,10H,2,5,7,9H2,1,3-4H3/b12-8-. The van der Waals surface area contributed by atoms with Crippen LogP contribution in [0.2, 0.25) is 0 Å². The Morgan fingerprint density at radius 3 is 2.73 bits per heavy atom. The van der Waals surface area contributed by atoms with E-state index in [9.17, 15) is 4.79 Å². The van der Waals surface area contributed by atoms with E-state index in [2.05, 4.69) is 25.5 Å². The second-order valence-electron chi connectivity index (χ2n) is 3.24. The van der Waals surface area contributed by atoms with Crippen LogP contribution in [0.25, 0.3) is 0 Å². The summed E-state index contributed by atoms with van der Waals surface area (Å²) < 4.78 is 4.81. The largest absolute Gasteiger partial charge is 0.465 e. The summed E-state index contributed by atoms with van der Waals surface area (Å²) in [5, 5.41) is 5.60. The van der Waals surface area contributed by atoms with Gasteiger partial charge in [0.25, 0.3) is 0 Å². The lowest BCUT2D eigenvalue weighted by Crippen LogP contribution is -2.22. The fraction of sp³-hybridized carbons (Fsp3) is 0.636. The maximum atomic E-state index is 11.1. The van der Waals surface area contributed by atoms with Gasteiger partial charge in [-0.05, 0) is 19.3 Å². The molecule has 0 amide bonds. The third-order valence-corrected chi connectivity index (χ3v) is 1.92. The van der Waals surface area contributed by atoms with Gasteiger partial charge in [0.1, 0.15) is 6.54 Å². The number of carbonyl (C=O) groups is 1. The van der Waals surface area contributed by atoms with Gasteiger partial charge in [0.15, 0.2) is 0 Å². The number of rotatable bonds is 7. The van der Waals surface area contributed by atoms with Crippen LogP contribution in [-0.4, -0.2) is 30.3 Å². The summed E-state index contributed by atoms with van der Waals surface area (Å²) in [5.74, 6) is 0.105. The van der Waals surface area contributed by atoms with Gasteiger partial charge >= 0.3 is 5.97 Å². The lowest BCUT2D eigenvalue weighted by atomic mass is 10.1. The van der Waals surface area contributed by atoms with Crippen LogP contribution in [0, 0.1) is 5.92 Å². The van der Waals surface area contributed by atoms with Gasteiger partial charge in [-0.2, -0.15) is 5.10 Å². The smallest absolute Gasteiger partial charge is 0.327 e. The molecule has 0 saturated carbocycles. The highest BCUT2D eigenvalue weighted by Gasteiger charge is 2.05. The van der Waals surface area contributed by atoms with Crippen molar-refractivity contribution in [3.05, 3.63) is 12.8 Å². The van der Waals surface area contributed by atoms with Gasteiger partial charge in [-0.1, -0.05) is 20.4 Å². The SMILES string of the molecule is C=CN(CC(=O)OCC)/N=C\C(C)CC. The van der Waals surface area contributed by atoms with E-state index in [1.54, 1.807) is 13.1 Å². The molecule has 15 heavy (non-hydrogen) atoms. The normalized spacial score (nSPS) is 12.5. The molecule has 0 saturated heterocycles. The van der Waals surface area contributed by atoms with Crippen LogP contribution in [0.1, 0.15) is 27.2 Å². The maximum Gasteiger partial charge on any atom is 0.327 e. The maximum absolute atomic E-state index is 11.1. The Balaban J connectivity index is 4.08. The first-order chi connectivity index (χ1) is 7.13. The van der Waals surface area contributed by atoms with E-state index in [1.807, 2.05) is 0 Å². The molecule has 0 radical (unpaired) electrons. The molecule has 1 unspecified atom stereocenters. The quantitative estimate of drug-likeness (QED) is 0.368. The highest BCUT2D eigenvalue weighted by Crippen LogP contribution is 1.98. The molecule has 0 heterocycles. The van der Waals surface area contributed by atoms with Crippen LogP contribution in [0.4, 0.5) is 0 Å². The van der Waals surface area contributed by atoms with Crippen molar-refractivity contribution in [3.8, 4) is 0 Å². The predicted molar refractivity (Wildman–Crippen MR) is 61.5 cm³/mol. The number of ether oxygens (including phenoxy) is 1. The average Bonchev–Trinajstić information content (AvgIpc) is 2.23. The fourth-order valence-corrected chi connectivity index (χ4v) is 0.796. The lowest BCUT2D eigenvalue weighted by molar-refractivity contribution is -0.143. The molecule has 0 aliphatic carbocycles. The molecule has 1 atom stereocenters. The molecule has 0 rings (SSSR count). The Hall–Kier alpha value is -1.32. The number of hydrazone groups is 1. The summed E-state index contributed by atoms with van der Waals surface area (Å²) in [4.78, 5) is 11.1. The van der Waals surface area contributed by atoms with Gasteiger partial charge in [0, 0.05) is 12.4 Å². The summed E-state index contributed by atoms with van der Waals surface area (Å²) in [6, 6.07) is 0. The van der Waals surface area contributed by atoms with Crippen molar-refractivity contribution in [1.82, 2.24) is 5.01 Å². The van der Waals surface area contributed by atoms with Crippen molar-refractivity contribution < 1.29 is 9.53 Å². The summed E-state index contributed by atoms with van der Waals surface area (Å²) in [5.41, 5.74) is 0. The van der Waals surface area contributed by atoms with Crippen molar-refractivity contribution in [2.24, 2.45) is 11.0 Å². The number of esters is 1. The van der Waals surface area contributed by atoms with Crippen molar-refractivity contribution in [2.75, 3.05) is 13.2 Å². The van der Waals surface area contributed by atoms with E-state index in [0.29, 0.717) is 12.5 Å². The molecule has 86 valence electrons. The molecule has 0 spiro atoms. The molecule has 0 aromatic heterocycles. The van der Waals surface area contributed by atoms with Gasteiger partial charge in [0.05, 0.1) is 6.61 Å². The summed E-state index contributed by atoms with van der Waals surface area (Å²) in [7, 11) is 0. The first kappa shape index (κ1) is 13.7. The van der Waals surface area contributed by atoms with Crippen molar-refractivity contribution in [3.63, 3.8) is 0 Å². The van der Waals surface area contributed by atoms with Crippen LogP contribution in [0.5, 0.6) is 0 Å². The van der Waals surface area contributed by atoms with E-state index in [4.69, 9.17) is 4.74 Å². The highest BCUT2D eigenvalue weighted by molar-refractivity contribution is 5.72. The lowest BCUT2D eigenvalue weighted by Gasteiger charge is -2.13. The van der Waals surface area contributed by atoms with Gasteiger partial charge in [-0.3, -0.25) is 9.80 Å². The van der Waals surface area contributed by atoms with E-state index >= 15 is 0 Å². The molecular formula is C11H20N2O2. The van der Waals surface area contributed by atoms with E-state index in [1.165, 1.54) is 11.2 Å². The van der Waals surface area contributed by atoms with Gasteiger partial charge < -0.3 is 4.74 Å². The first-order valence-corrected chi connectivity index (χ1v) is 5.22. The minimum atomic E-state index is -0.293. The average molecular weight is 212 g/mol. The predicted octanol–water partition coefficient (Wildman–Crippen LogP) is 2.03. The first-order valence-electron chi connectivity index (χ1n) is 5.22. The van der Waals surface area contributed by atoms with Gasteiger partial charge in [0.2, 0.25) is 0 Å². The minimum Gasteiger partial charge on any atom is -0.465 e. The van der Waals surface area contributed by atoms with Crippen LogP contribution in [0.3, 0.4) is 0 Å². The Morgan fingerprint density at radius 2 is 2.27 bits per heavy atom. The molecule has 0 bridgehead atoms. The molecule has 0 aliphatic heterocycles. The third-order valence-electron chi connectivity index (χ3n) is 1.92. The summed E-state index contributed by atoms with van der Waals surface area (Å²) >= 11 is 0. The molecular weight excluding hydrogens is 192 g/mol. The molecule has 0 aromatic rings. The molecule has 4 heteroatoms. The van der Waals surface area contributed by atoms with Crippen molar-refractivity contribution >= 4 is 12.2 Å². The molecule has 0 fully saturated rings. The molecule has 0 N–H and O–H groups in total. The summed E-state index contributed by atoms with van der Waals surface area (Å²) in [6.07, 6.45) is 4.34. The van der Waals surface area contributed by atoms with Crippen LogP contribution < -0.4 is 0 Å². The Labute approximate surface area is 91.6 Å². The Kier molecular flexibility index (Phi) is 7.32. The summed E-state index contributed by atoms with van der Waals surface area (Å²) in [6.45, 7) is 10.0. The fourth-order valence-electron chi connectivity index (χ4n) is 0.796. The number of nitrogens with zero attached hydrogens (tertiary/aromatic N) is 2. The number of hydrogen-bond donors (Lipinski definition) is 0. The van der Waals surface area contributed by atoms with Crippen molar-refractivity contribution in [2.45, 2.75) is 27.2 Å². The van der Waals surface area contributed by atoms with Crippen molar-refractivity contribution in [1.29, 1.82) is 0 Å². The van der Waals surface area contributed by atoms with Gasteiger partial charge in [-0.25, -0.2) is 0 Å². The zero-order valence-corrected chi connectivity index (χ0v) is 9.77. The molecule has 0 aliphatic rings. The van der Waals surface area contributed by atoms with Crippen LogP contribution in [0.15, 0.2) is 17.9 Å². The highest BCUT2D eigenvalue weighted by atomic mass is 16.5. The van der Waals surface area contributed by atoms with E-state index in [-0.39, 0.29) is 12.5 Å². The monoisotopic (exact) mass is 212 g/mol. The number of carbonyl (C=O) groups excluding carboxylic acids is 1.